The van der Waals surface area contributed by atoms with Crippen molar-refractivity contribution >= 4 is 5.91 Å². The summed E-state index contributed by atoms with van der Waals surface area (Å²) in [7, 11) is 0. The highest BCUT2D eigenvalue weighted by Crippen LogP contribution is 2.37. The standard InChI is InChI=1S/C16H29N3O/c1-16(15(17)20,18-14-6-7-14)8-3-9-19-10-12-4-2-5-13(12)11-19/h12-14,18H,2-11H2,1H3,(H2,17,20). The van der Waals surface area contributed by atoms with Crippen molar-refractivity contribution in [3.8, 4) is 0 Å². The number of primary amides is 1. The van der Waals surface area contributed by atoms with Gasteiger partial charge in [0.2, 0.25) is 5.91 Å². The van der Waals surface area contributed by atoms with Crippen molar-refractivity contribution in [1.29, 1.82) is 0 Å². The van der Waals surface area contributed by atoms with Crippen molar-refractivity contribution in [2.75, 3.05) is 19.6 Å². The Morgan fingerprint density at radius 2 is 1.90 bits per heavy atom. The molecule has 3 aliphatic rings. The van der Waals surface area contributed by atoms with Crippen molar-refractivity contribution in [3.63, 3.8) is 0 Å². The number of carbonyl (C=O) groups is 1. The van der Waals surface area contributed by atoms with Crippen LogP contribution in [-0.4, -0.2) is 42.0 Å². The molecule has 0 radical (unpaired) electrons. The first-order valence-electron chi connectivity index (χ1n) is 8.37. The molecule has 0 spiro atoms. The van der Waals surface area contributed by atoms with Crippen LogP contribution in [0.4, 0.5) is 0 Å². The van der Waals surface area contributed by atoms with E-state index in [0.29, 0.717) is 6.04 Å². The quantitative estimate of drug-likeness (QED) is 0.742. The molecule has 2 saturated carbocycles. The van der Waals surface area contributed by atoms with E-state index in [1.807, 2.05) is 6.92 Å². The Bertz CT molecular complexity index is 357. The van der Waals surface area contributed by atoms with Crippen LogP contribution in [0.15, 0.2) is 0 Å². The lowest BCUT2D eigenvalue weighted by atomic mass is 9.94. The fraction of sp³-hybridized carbons (Fsp3) is 0.938. The van der Waals surface area contributed by atoms with Gasteiger partial charge in [-0.25, -0.2) is 0 Å². The van der Waals surface area contributed by atoms with Crippen LogP contribution < -0.4 is 11.1 Å². The number of hydrogen-bond acceptors (Lipinski definition) is 3. The SMILES string of the molecule is CC(CCCN1CC2CCCC2C1)(NC1CC1)C(N)=O. The first kappa shape index (κ1) is 14.3. The Balaban J connectivity index is 1.42. The minimum Gasteiger partial charge on any atom is -0.368 e. The molecular weight excluding hydrogens is 250 g/mol. The van der Waals surface area contributed by atoms with Gasteiger partial charge in [-0.1, -0.05) is 6.42 Å². The topological polar surface area (TPSA) is 58.4 Å². The Hall–Kier alpha value is -0.610. The van der Waals surface area contributed by atoms with Crippen LogP contribution in [0.3, 0.4) is 0 Å². The summed E-state index contributed by atoms with van der Waals surface area (Å²) in [4.78, 5) is 14.3. The maximum absolute atomic E-state index is 11.7. The van der Waals surface area contributed by atoms with E-state index < -0.39 is 5.54 Å². The van der Waals surface area contributed by atoms with E-state index in [4.69, 9.17) is 5.73 Å². The van der Waals surface area contributed by atoms with Crippen LogP contribution in [0.2, 0.25) is 0 Å². The van der Waals surface area contributed by atoms with Gasteiger partial charge < -0.3 is 16.0 Å². The first-order chi connectivity index (χ1) is 9.57. The molecular formula is C16H29N3O. The third-order valence-electron chi connectivity index (χ3n) is 5.60. The van der Waals surface area contributed by atoms with Crippen LogP contribution in [0, 0.1) is 11.8 Å². The van der Waals surface area contributed by atoms with Gasteiger partial charge in [0.15, 0.2) is 0 Å². The summed E-state index contributed by atoms with van der Waals surface area (Å²) in [5.74, 6) is 1.73. The number of rotatable bonds is 7. The van der Waals surface area contributed by atoms with E-state index in [0.717, 1.165) is 31.2 Å². The maximum atomic E-state index is 11.7. The lowest BCUT2D eigenvalue weighted by Gasteiger charge is -2.28. The van der Waals surface area contributed by atoms with Gasteiger partial charge in [-0.2, -0.15) is 0 Å². The molecule has 1 heterocycles. The number of nitrogens with one attached hydrogen (secondary N) is 1. The summed E-state index contributed by atoms with van der Waals surface area (Å²) in [5.41, 5.74) is 5.10. The summed E-state index contributed by atoms with van der Waals surface area (Å²) in [6.45, 7) is 5.68. The molecule has 4 heteroatoms. The van der Waals surface area contributed by atoms with Gasteiger partial charge in [-0.05, 0) is 63.8 Å². The van der Waals surface area contributed by atoms with Crippen molar-refractivity contribution in [1.82, 2.24) is 10.2 Å². The van der Waals surface area contributed by atoms with Gasteiger partial charge in [0.1, 0.15) is 0 Å². The largest absolute Gasteiger partial charge is 0.368 e. The molecule has 1 aliphatic heterocycles. The van der Waals surface area contributed by atoms with E-state index in [1.54, 1.807) is 0 Å². The monoisotopic (exact) mass is 279 g/mol. The van der Waals surface area contributed by atoms with E-state index in [1.165, 1.54) is 45.2 Å². The molecule has 4 nitrogen and oxygen atoms in total. The molecule has 114 valence electrons. The number of nitrogens with two attached hydrogens (primary N) is 1. The molecule has 3 fully saturated rings. The van der Waals surface area contributed by atoms with Crippen LogP contribution in [0.5, 0.6) is 0 Å². The molecule has 0 aromatic heterocycles. The highest BCUT2D eigenvalue weighted by atomic mass is 16.1. The zero-order valence-electron chi connectivity index (χ0n) is 12.7. The fourth-order valence-corrected chi connectivity index (χ4v) is 4.12. The van der Waals surface area contributed by atoms with Crippen molar-refractivity contribution in [2.45, 2.75) is 63.5 Å². The minimum absolute atomic E-state index is 0.192. The summed E-state index contributed by atoms with van der Waals surface area (Å²) in [6.07, 6.45) is 8.63. The number of carbonyl (C=O) groups excluding carboxylic acids is 1. The van der Waals surface area contributed by atoms with Gasteiger partial charge in [0, 0.05) is 19.1 Å². The van der Waals surface area contributed by atoms with Gasteiger partial charge in [-0.3, -0.25) is 4.79 Å². The molecule has 20 heavy (non-hydrogen) atoms. The third kappa shape index (κ3) is 3.17. The van der Waals surface area contributed by atoms with Crippen LogP contribution in [0.25, 0.3) is 0 Å². The lowest BCUT2D eigenvalue weighted by molar-refractivity contribution is -0.124. The van der Waals surface area contributed by atoms with Crippen molar-refractivity contribution in [3.05, 3.63) is 0 Å². The molecule has 3 N–H and O–H groups in total. The maximum Gasteiger partial charge on any atom is 0.237 e. The minimum atomic E-state index is -0.503. The molecule has 0 aromatic carbocycles. The molecule has 0 bridgehead atoms. The number of nitrogens with zero attached hydrogens (tertiary/aromatic N) is 1. The lowest BCUT2D eigenvalue weighted by Crippen LogP contribution is -2.54. The number of amides is 1. The second kappa shape index (κ2) is 5.64. The molecule has 3 atom stereocenters. The molecule has 3 unspecified atom stereocenters. The van der Waals surface area contributed by atoms with Crippen LogP contribution >= 0.6 is 0 Å². The summed E-state index contributed by atoms with van der Waals surface area (Å²) < 4.78 is 0. The summed E-state index contributed by atoms with van der Waals surface area (Å²) in [6, 6.07) is 0.527. The second-order valence-electron chi connectivity index (χ2n) is 7.43. The Labute approximate surface area is 122 Å². The summed E-state index contributed by atoms with van der Waals surface area (Å²) >= 11 is 0. The predicted molar refractivity (Wildman–Crippen MR) is 80.3 cm³/mol. The highest BCUT2D eigenvalue weighted by molar-refractivity contribution is 5.84. The van der Waals surface area contributed by atoms with Gasteiger partial charge >= 0.3 is 0 Å². The van der Waals surface area contributed by atoms with Crippen LogP contribution in [0.1, 0.15) is 51.9 Å². The highest BCUT2D eigenvalue weighted by Gasteiger charge is 2.38. The Morgan fingerprint density at radius 3 is 2.45 bits per heavy atom. The third-order valence-corrected chi connectivity index (χ3v) is 5.60. The molecule has 1 amide bonds. The zero-order chi connectivity index (χ0) is 14.2. The van der Waals surface area contributed by atoms with Gasteiger partial charge in [-0.15, -0.1) is 0 Å². The van der Waals surface area contributed by atoms with E-state index in [2.05, 4.69) is 10.2 Å². The average molecular weight is 279 g/mol. The van der Waals surface area contributed by atoms with E-state index in [9.17, 15) is 4.79 Å². The zero-order valence-corrected chi connectivity index (χ0v) is 12.7. The van der Waals surface area contributed by atoms with Crippen molar-refractivity contribution in [2.24, 2.45) is 17.6 Å². The Kier molecular flexibility index (Phi) is 4.04. The molecule has 0 aromatic rings. The van der Waals surface area contributed by atoms with Crippen LogP contribution in [-0.2, 0) is 4.79 Å². The number of fused-ring (bicyclic) bond motifs is 1. The predicted octanol–water partition coefficient (Wildman–Crippen LogP) is 1.49. The smallest absolute Gasteiger partial charge is 0.237 e. The molecule has 2 aliphatic carbocycles. The molecule has 3 rings (SSSR count). The van der Waals surface area contributed by atoms with Gasteiger partial charge in [0.05, 0.1) is 5.54 Å². The van der Waals surface area contributed by atoms with Gasteiger partial charge in [0.25, 0.3) is 0 Å². The fourth-order valence-electron chi connectivity index (χ4n) is 4.12. The average Bonchev–Trinajstić information content (AvgIpc) is 2.94. The molecule has 1 saturated heterocycles. The van der Waals surface area contributed by atoms with Crippen molar-refractivity contribution < 1.29 is 4.79 Å². The number of hydrogen-bond donors (Lipinski definition) is 2. The normalized spacial score (nSPS) is 33.0. The second-order valence-corrected chi connectivity index (χ2v) is 7.43. The summed E-state index contributed by atoms with van der Waals surface area (Å²) in [5, 5.41) is 3.44. The Morgan fingerprint density at radius 1 is 1.25 bits per heavy atom. The number of likely N-dealkylation sites (tertiary alicyclic amines) is 1. The van der Waals surface area contributed by atoms with E-state index in [-0.39, 0.29) is 5.91 Å². The first-order valence-corrected chi connectivity index (χ1v) is 8.37. The van der Waals surface area contributed by atoms with E-state index >= 15 is 0 Å².